The first kappa shape index (κ1) is 26.8. The number of hydrogen-bond donors (Lipinski definition) is 5. The van der Waals surface area contributed by atoms with Crippen LogP contribution >= 0.6 is 0 Å². The SMILES string of the molecule is Cc1cc(=O)[nH]c(NC(=O)NCC(C)CC(C)(C)CCNC(=O)NCCC[S+](C)C)n1. The molecule has 0 saturated heterocycles. The Labute approximate surface area is 188 Å². The third kappa shape index (κ3) is 12.9. The Morgan fingerprint density at radius 1 is 1.16 bits per heavy atom. The summed E-state index contributed by atoms with van der Waals surface area (Å²) in [5.41, 5.74) is 0.246. The molecule has 0 aliphatic heterocycles. The number of aryl methyl sites for hydroxylation is 1. The second-order valence-electron chi connectivity index (χ2n) is 9.02. The molecule has 1 heterocycles. The van der Waals surface area contributed by atoms with Gasteiger partial charge in [-0.1, -0.05) is 20.8 Å². The van der Waals surface area contributed by atoms with E-state index in [1.165, 1.54) is 6.07 Å². The van der Waals surface area contributed by atoms with Crippen molar-refractivity contribution in [3.8, 4) is 0 Å². The minimum atomic E-state index is -0.408. The van der Waals surface area contributed by atoms with Crippen molar-refractivity contribution in [3.05, 3.63) is 22.1 Å². The quantitative estimate of drug-likeness (QED) is 0.244. The van der Waals surface area contributed by atoms with Crippen molar-refractivity contribution in [2.45, 2.75) is 47.0 Å². The fourth-order valence-electron chi connectivity index (χ4n) is 3.31. The highest BCUT2D eigenvalue weighted by atomic mass is 32.2. The molecule has 1 aromatic heterocycles. The molecular formula is C21H39N6O3S+. The van der Waals surface area contributed by atoms with Crippen molar-refractivity contribution < 1.29 is 9.59 Å². The van der Waals surface area contributed by atoms with E-state index >= 15 is 0 Å². The summed E-state index contributed by atoms with van der Waals surface area (Å²) in [4.78, 5) is 41.9. The molecular weight excluding hydrogens is 416 g/mol. The molecule has 0 aliphatic carbocycles. The Hall–Kier alpha value is -2.23. The Balaban J connectivity index is 2.26. The van der Waals surface area contributed by atoms with Crippen molar-refractivity contribution >= 4 is 28.9 Å². The van der Waals surface area contributed by atoms with Crippen LogP contribution in [0.5, 0.6) is 0 Å². The molecule has 10 heteroatoms. The van der Waals surface area contributed by atoms with Gasteiger partial charge in [-0.2, -0.15) is 0 Å². The average Bonchev–Trinajstić information content (AvgIpc) is 2.62. The number of hydrogen-bond acceptors (Lipinski definition) is 4. The highest BCUT2D eigenvalue weighted by molar-refractivity contribution is 7.95. The lowest BCUT2D eigenvalue weighted by Gasteiger charge is -2.28. The highest BCUT2D eigenvalue weighted by Crippen LogP contribution is 2.28. The van der Waals surface area contributed by atoms with Crippen LogP contribution < -0.4 is 26.8 Å². The van der Waals surface area contributed by atoms with Crippen LogP contribution in [0.15, 0.2) is 10.9 Å². The zero-order valence-electron chi connectivity index (χ0n) is 19.7. The number of aromatic amines is 1. The topological polar surface area (TPSA) is 128 Å². The van der Waals surface area contributed by atoms with Gasteiger partial charge in [-0.15, -0.1) is 0 Å². The Kier molecular flexibility index (Phi) is 11.4. The smallest absolute Gasteiger partial charge is 0.321 e. The largest absolute Gasteiger partial charge is 0.338 e. The number of nitrogens with one attached hydrogen (secondary N) is 5. The molecule has 0 aromatic carbocycles. The summed E-state index contributed by atoms with van der Waals surface area (Å²) >= 11 is 0. The number of urea groups is 2. The van der Waals surface area contributed by atoms with Gasteiger partial charge < -0.3 is 16.0 Å². The van der Waals surface area contributed by atoms with Crippen LogP contribution in [0, 0.1) is 18.3 Å². The fraction of sp³-hybridized carbons (Fsp3) is 0.714. The third-order valence-electron chi connectivity index (χ3n) is 4.72. The van der Waals surface area contributed by atoms with E-state index in [1.807, 2.05) is 0 Å². The van der Waals surface area contributed by atoms with E-state index in [2.05, 4.69) is 64.5 Å². The molecule has 1 atom stereocenters. The summed E-state index contributed by atoms with van der Waals surface area (Å²) in [5.74, 6) is 1.51. The Morgan fingerprint density at radius 2 is 1.84 bits per heavy atom. The van der Waals surface area contributed by atoms with Gasteiger partial charge in [-0.05, 0) is 42.0 Å². The van der Waals surface area contributed by atoms with Gasteiger partial charge in [0.2, 0.25) is 5.95 Å². The second kappa shape index (κ2) is 13.2. The van der Waals surface area contributed by atoms with E-state index in [4.69, 9.17) is 0 Å². The second-order valence-corrected chi connectivity index (χ2v) is 11.4. The monoisotopic (exact) mass is 455 g/mol. The maximum absolute atomic E-state index is 12.1. The minimum Gasteiger partial charge on any atom is -0.338 e. The van der Waals surface area contributed by atoms with Gasteiger partial charge in [0.25, 0.3) is 5.56 Å². The van der Waals surface area contributed by atoms with Crippen LogP contribution in [0.2, 0.25) is 0 Å². The van der Waals surface area contributed by atoms with Crippen LogP contribution in [-0.4, -0.2) is 59.9 Å². The molecule has 5 N–H and O–H groups in total. The van der Waals surface area contributed by atoms with Crippen LogP contribution in [0.1, 0.15) is 45.7 Å². The Bertz CT molecular complexity index is 766. The Morgan fingerprint density at radius 3 is 2.48 bits per heavy atom. The van der Waals surface area contributed by atoms with E-state index in [9.17, 15) is 14.4 Å². The third-order valence-corrected chi connectivity index (χ3v) is 5.82. The molecule has 0 aliphatic rings. The van der Waals surface area contributed by atoms with Gasteiger partial charge in [0.15, 0.2) is 0 Å². The number of H-pyrrole nitrogens is 1. The standard InChI is InChI=1S/C21H38N6O3S/c1-15(14-24-20(30)27-18-25-16(2)12-17(28)26-18)13-21(3,4)8-10-23-19(29)22-9-7-11-31(5)6/h12,15H,7-11,13-14H2,1-6H3,(H4-,22,23,24,25,26,27,28,29,30)/p+1. The lowest BCUT2D eigenvalue weighted by molar-refractivity contribution is 0.227. The van der Waals surface area contributed by atoms with Gasteiger partial charge in [0, 0.05) is 37.8 Å². The van der Waals surface area contributed by atoms with E-state index in [0.717, 1.165) is 25.0 Å². The molecule has 0 radical (unpaired) electrons. The molecule has 9 nitrogen and oxygen atoms in total. The van der Waals surface area contributed by atoms with Crippen LogP contribution in [0.4, 0.5) is 15.5 Å². The van der Waals surface area contributed by atoms with Gasteiger partial charge in [-0.25, -0.2) is 14.6 Å². The summed E-state index contributed by atoms with van der Waals surface area (Å²) in [6.45, 7) is 9.89. The summed E-state index contributed by atoms with van der Waals surface area (Å²) in [6, 6.07) is 0.839. The maximum Gasteiger partial charge on any atom is 0.321 e. The summed E-state index contributed by atoms with van der Waals surface area (Å²) in [6.07, 6.45) is 7.15. The van der Waals surface area contributed by atoms with E-state index in [0.29, 0.717) is 36.2 Å². The van der Waals surface area contributed by atoms with E-state index in [-0.39, 0.29) is 28.9 Å². The molecule has 0 fully saturated rings. The predicted molar refractivity (Wildman–Crippen MR) is 129 cm³/mol. The number of carbonyl (C=O) groups excluding carboxylic acids is 2. The summed E-state index contributed by atoms with van der Waals surface area (Å²) in [7, 11) is 0.410. The zero-order chi connectivity index (χ0) is 23.4. The van der Waals surface area contributed by atoms with Gasteiger partial charge in [-0.3, -0.25) is 15.1 Å². The predicted octanol–water partition coefficient (Wildman–Crippen LogP) is 2.21. The van der Waals surface area contributed by atoms with Gasteiger partial charge in [0.05, 0.1) is 12.5 Å². The number of aromatic nitrogens is 2. The molecule has 1 aromatic rings. The van der Waals surface area contributed by atoms with Gasteiger partial charge in [0.1, 0.15) is 5.75 Å². The number of carbonyl (C=O) groups is 2. The summed E-state index contributed by atoms with van der Waals surface area (Å²) in [5, 5.41) is 11.2. The van der Waals surface area contributed by atoms with Crippen LogP contribution in [-0.2, 0) is 10.9 Å². The molecule has 0 saturated carbocycles. The van der Waals surface area contributed by atoms with Crippen LogP contribution in [0.3, 0.4) is 0 Å². The average molecular weight is 456 g/mol. The van der Waals surface area contributed by atoms with Crippen molar-refractivity contribution in [1.29, 1.82) is 0 Å². The highest BCUT2D eigenvalue weighted by Gasteiger charge is 2.21. The lowest BCUT2D eigenvalue weighted by atomic mass is 9.80. The summed E-state index contributed by atoms with van der Waals surface area (Å²) < 4.78 is 0. The lowest BCUT2D eigenvalue weighted by Crippen LogP contribution is -2.38. The van der Waals surface area contributed by atoms with Crippen molar-refractivity contribution in [3.63, 3.8) is 0 Å². The van der Waals surface area contributed by atoms with Crippen molar-refractivity contribution in [2.75, 3.05) is 43.2 Å². The molecule has 0 bridgehead atoms. The molecule has 1 rings (SSSR count). The van der Waals surface area contributed by atoms with Crippen molar-refractivity contribution in [1.82, 2.24) is 25.9 Å². The van der Waals surface area contributed by atoms with Crippen molar-refractivity contribution in [2.24, 2.45) is 11.3 Å². The molecule has 1 unspecified atom stereocenters. The number of nitrogens with zero attached hydrogens (tertiary/aromatic N) is 1. The first-order valence-corrected chi connectivity index (χ1v) is 12.9. The number of rotatable bonds is 12. The first-order valence-electron chi connectivity index (χ1n) is 10.7. The zero-order valence-corrected chi connectivity index (χ0v) is 20.5. The normalized spacial score (nSPS) is 12.4. The van der Waals surface area contributed by atoms with E-state index in [1.54, 1.807) is 6.92 Å². The minimum absolute atomic E-state index is 0.0208. The maximum atomic E-state index is 12.1. The number of anilines is 1. The fourth-order valence-corrected chi connectivity index (χ4v) is 4.04. The van der Waals surface area contributed by atoms with Gasteiger partial charge >= 0.3 is 12.1 Å². The molecule has 0 spiro atoms. The van der Waals surface area contributed by atoms with Crippen LogP contribution in [0.25, 0.3) is 0 Å². The molecule has 31 heavy (non-hydrogen) atoms. The van der Waals surface area contributed by atoms with E-state index < -0.39 is 6.03 Å². The molecule has 176 valence electrons. The number of amides is 4. The molecule has 4 amide bonds. The first-order chi connectivity index (χ1) is 14.5.